The lowest BCUT2D eigenvalue weighted by Crippen LogP contribution is -2.56. The Morgan fingerprint density at radius 2 is 1.30 bits per heavy atom. The molecule has 2 aromatic heterocycles. The molecule has 0 radical (unpaired) electrons. The van der Waals surface area contributed by atoms with Crippen molar-refractivity contribution >= 4 is 79.7 Å². The molecule has 6 aromatic carbocycles. The van der Waals surface area contributed by atoms with Crippen molar-refractivity contribution in [1.29, 1.82) is 0 Å². The fraction of sp³-hybridized carbons (Fsp3) is 0.0870. The maximum atomic E-state index is 4.34. The smallest absolute Gasteiger partial charge is 0.244 e. The van der Waals surface area contributed by atoms with E-state index >= 15 is 0 Å². The van der Waals surface area contributed by atoms with E-state index in [0.29, 0.717) is 0 Å². The van der Waals surface area contributed by atoms with Gasteiger partial charge in [0, 0.05) is 42.9 Å². The van der Waals surface area contributed by atoms with E-state index < -0.39 is 0 Å². The molecule has 0 atom stereocenters. The first-order valence-corrected chi connectivity index (χ1v) is 18.2. The van der Waals surface area contributed by atoms with E-state index in [1.807, 2.05) is 17.8 Å². The maximum absolute atomic E-state index is 4.34. The van der Waals surface area contributed by atoms with E-state index in [4.69, 9.17) is 0 Å². The molecule has 240 valence electrons. The Labute approximate surface area is 298 Å². The maximum Gasteiger partial charge on any atom is 0.244 e. The van der Waals surface area contributed by atoms with Gasteiger partial charge in [0.25, 0.3) is 0 Å². The van der Waals surface area contributed by atoms with Gasteiger partial charge in [-0.05, 0) is 70.2 Å². The highest BCUT2D eigenvalue weighted by Crippen LogP contribution is 2.42. The van der Waals surface area contributed by atoms with Gasteiger partial charge in [-0.2, -0.15) is 0 Å². The van der Waals surface area contributed by atoms with E-state index in [1.54, 1.807) is 0 Å². The Bertz CT molecular complexity index is 2670. The molecule has 1 aliphatic rings. The second-order valence-electron chi connectivity index (χ2n) is 13.5. The van der Waals surface area contributed by atoms with E-state index in [9.17, 15) is 0 Å². The lowest BCUT2D eigenvalue weighted by atomic mass is 9.35. The molecule has 0 amide bonds. The number of allylic oxidation sites excluding steroid dienone is 1. The minimum Gasteiger partial charge on any atom is -0.307 e. The number of hydrogen-bond acceptors (Lipinski definition) is 1. The first-order valence-electron chi connectivity index (χ1n) is 17.4. The summed E-state index contributed by atoms with van der Waals surface area (Å²) in [4.78, 5) is 2.63. The van der Waals surface area contributed by atoms with Gasteiger partial charge in [0.05, 0.1) is 22.2 Å². The van der Waals surface area contributed by atoms with Gasteiger partial charge >= 0.3 is 0 Å². The third-order valence-electron chi connectivity index (χ3n) is 10.4. The zero-order valence-corrected chi connectivity index (χ0v) is 29.7. The van der Waals surface area contributed by atoms with Crippen LogP contribution in [0.15, 0.2) is 144 Å². The average Bonchev–Trinajstić information content (AvgIpc) is 3.63. The molecular formula is C46H37BN2S. The number of aromatic nitrogens is 2. The molecule has 0 aliphatic carbocycles. The van der Waals surface area contributed by atoms with Gasteiger partial charge < -0.3 is 9.13 Å². The molecule has 4 heteroatoms. The van der Waals surface area contributed by atoms with Crippen LogP contribution in [0.1, 0.15) is 34.9 Å². The number of benzene rings is 6. The number of aryl methyl sites for hydroxylation is 3. The highest BCUT2D eigenvalue weighted by Gasteiger charge is 2.34. The van der Waals surface area contributed by atoms with Crippen LogP contribution in [0.4, 0.5) is 0 Å². The van der Waals surface area contributed by atoms with Gasteiger partial charge in [0.1, 0.15) is 0 Å². The monoisotopic (exact) mass is 660 g/mol. The molecule has 0 spiro atoms. The van der Waals surface area contributed by atoms with Crippen molar-refractivity contribution in [2.45, 2.75) is 37.5 Å². The van der Waals surface area contributed by atoms with Crippen LogP contribution >= 0.6 is 11.8 Å². The molecular weight excluding hydrogens is 623 g/mol. The van der Waals surface area contributed by atoms with Crippen molar-refractivity contribution in [3.05, 3.63) is 162 Å². The molecule has 0 unspecified atom stereocenters. The first-order chi connectivity index (χ1) is 24.5. The fourth-order valence-electron chi connectivity index (χ4n) is 8.56. The normalized spacial score (nSPS) is 12.7. The van der Waals surface area contributed by atoms with Crippen LogP contribution in [-0.2, 0) is 0 Å². The van der Waals surface area contributed by atoms with Crippen LogP contribution < -0.4 is 16.4 Å². The second-order valence-corrected chi connectivity index (χ2v) is 14.6. The van der Waals surface area contributed by atoms with E-state index in [1.165, 1.54) is 75.6 Å². The Hall–Kier alpha value is -5.45. The standard InChI is InChI=1S/C46H37BN2S/c1-6-15-40-34(7-2)36-23-24-37-35-18-11-13-20-41(35)48(32-16-9-8-10-17-32)46(37)45(36)49(40)33-22-25-39-43(28-33)50-42-21-14-12-19-38(42)47(39)44-30(4)26-29(3)27-31(44)5/h6-28H,2H2,1,3-5H3/b15-6-. The van der Waals surface area contributed by atoms with E-state index in [-0.39, 0.29) is 6.71 Å². The summed E-state index contributed by atoms with van der Waals surface area (Å²) in [5.74, 6) is 0. The molecule has 1 aliphatic heterocycles. The Morgan fingerprint density at radius 1 is 0.620 bits per heavy atom. The second kappa shape index (κ2) is 11.9. The van der Waals surface area contributed by atoms with Crippen molar-refractivity contribution in [2.75, 3.05) is 0 Å². The van der Waals surface area contributed by atoms with Crippen LogP contribution in [0.2, 0.25) is 0 Å². The predicted molar refractivity (Wildman–Crippen MR) is 218 cm³/mol. The summed E-state index contributed by atoms with van der Waals surface area (Å²) in [6, 6.07) is 44.9. The van der Waals surface area contributed by atoms with Crippen LogP contribution in [-0.4, -0.2) is 15.8 Å². The van der Waals surface area contributed by atoms with Crippen molar-refractivity contribution in [3.63, 3.8) is 0 Å². The topological polar surface area (TPSA) is 9.86 Å². The van der Waals surface area contributed by atoms with Crippen molar-refractivity contribution in [3.8, 4) is 11.4 Å². The summed E-state index contributed by atoms with van der Waals surface area (Å²) in [7, 11) is 0. The number of para-hydroxylation sites is 2. The summed E-state index contributed by atoms with van der Waals surface area (Å²) >= 11 is 1.89. The molecule has 3 heterocycles. The summed E-state index contributed by atoms with van der Waals surface area (Å²) < 4.78 is 4.92. The van der Waals surface area contributed by atoms with Gasteiger partial charge in [0.15, 0.2) is 0 Å². The minimum absolute atomic E-state index is 0.171. The Morgan fingerprint density at radius 3 is 2.08 bits per heavy atom. The lowest BCUT2D eigenvalue weighted by molar-refractivity contribution is 1.09. The first kappa shape index (κ1) is 30.6. The number of nitrogens with zero attached hydrogens (tertiary/aromatic N) is 2. The molecule has 0 saturated carbocycles. The van der Waals surface area contributed by atoms with E-state index in [2.05, 4.69) is 177 Å². The summed E-state index contributed by atoms with van der Waals surface area (Å²) in [6.07, 6.45) is 6.41. The number of hydrogen-bond donors (Lipinski definition) is 0. The molecule has 2 nitrogen and oxygen atoms in total. The third-order valence-corrected chi connectivity index (χ3v) is 11.6. The molecule has 8 aromatic rings. The number of rotatable bonds is 5. The quantitative estimate of drug-likeness (QED) is 0.167. The molecule has 0 saturated heterocycles. The molecule has 0 N–H and O–H groups in total. The highest BCUT2D eigenvalue weighted by molar-refractivity contribution is 8.00. The minimum atomic E-state index is 0.171. The Balaban J connectivity index is 1.38. The van der Waals surface area contributed by atoms with Crippen molar-refractivity contribution < 1.29 is 0 Å². The zero-order chi connectivity index (χ0) is 34.1. The van der Waals surface area contributed by atoms with Gasteiger partial charge in [-0.1, -0.05) is 149 Å². The van der Waals surface area contributed by atoms with Gasteiger partial charge in [-0.15, -0.1) is 0 Å². The summed E-state index contributed by atoms with van der Waals surface area (Å²) in [6.45, 7) is 13.4. The van der Waals surface area contributed by atoms with Crippen molar-refractivity contribution in [2.24, 2.45) is 0 Å². The summed E-state index contributed by atoms with van der Waals surface area (Å²) in [5, 5.41) is 3.68. The van der Waals surface area contributed by atoms with Crippen molar-refractivity contribution in [1.82, 2.24) is 9.13 Å². The average molecular weight is 661 g/mol. The Kier molecular flexibility index (Phi) is 7.26. The summed E-state index contributed by atoms with van der Waals surface area (Å²) in [5.41, 5.74) is 16.3. The molecule has 0 bridgehead atoms. The molecule has 50 heavy (non-hydrogen) atoms. The van der Waals surface area contributed by atoms with Gasteiger partial charge in [0.2, 0.25) is 6.71 Å². The van der Waals surface area contributed by atoms with Gasteiger partial charge in [-0.25, -0.2) is 0 Å². The van der Waals surface area contributed by atoms with Crippen LogP contribution in [0.5, 0.6) is 0 Å². The predicted octanol–water partition coefficient (Wildman–Crippen LogP) is 10.3. The number of fused-ring (bicyclic) bond motifs is 7. The zero-order valence-electron chi connectivity index (χ0n) is 28.9. The van der Waals surface area contributed by atoms with Crippen LogP contribution in [0, 0.1) is 20.8 Å². The third kappa shape index (κ3) is 4.52. The van der Waals surface area contributed by atoms with Gasteiger partial charge in [-0.3, -0.25) is 0 Å². The molecule has 0 fully saturated rings. The SMILES string of the molecule is C=Cc1c(/C=C\C)n(-c2ccc3c(c2)Sc2ccccc2B3c2c(C)cc(C)cc2C)c2c1ccc1c3ccccc3n(-c3ccccc3)c12. The lowest BCUT2D eigenvalue weighted by Gasteiger charge is -2.29. The fourth-order valence-corrected chi connectivity index (χ4v) is 9.73. The van der Waals surface area contributed by atoms with E-state index in [0.717, 1.165) is 22.6 Å². The molecule has 9 rings (SSSR count). The highest BCUT2D eigenvalue weighted by atomic mass is 32.2. The largest absolute Gasteiger partial charge is 0.307 e. The van der Waals surface area contributed by atoms with Crippen LogP contribution in [0.25, 0.3) is 56.2 Å². The van der Waals surface area contributed by atoms with Crippen LogP contribution in [0.3, 0.4) is 0 Å².